The quantitative estimate of drug-likeness (QED) is 0.116. The Morgan fingerprint density at radius 3 is 2.23 bits per heavy atom. The van der Waals surface area contributed by atoms with Gasteiger partial charge in [0.15, 0.2) is 0 Å². The van der Waals surface area contributed by atoms with Crippen LogP contribution in [0.5, 0.6) is 5.75 Å². The number of aryl methyl sites for hydroxylation is 2. The first-order chi connectivity index (χ1) is 28.9. The van der Waals surface area contributed by atoms with Gasteiger partial charge in [-0.15, -0.1) is 0 Å². The molecule has 60 heavy (non-hydrogen) atoms. The molecule has 3 aliphatic heterocycles. The highest BCUT2D eigenvalue weighted by molar-refractivity contribution is 6.01. The number of aliphatic hydroxyl groups is 1. The van der Waals surface area contributed by atoms with Crippen molar-refractivity contribution in [3.05, 3.63) is 118 Å². The van der Waals surface area contributed by atoms with E-state index >= 15 is 0 Å². The molecule has 11 nitrogen and oxygen atoms in total. The van der Waals surface area contributed by atoms with Gasteiger partial charge in [0.1, 0.15) is 17.4 Å². The molecule has 1 unspecified atom stereocenters. The number of phenolic OH excluding ortho intramolecular Hbond substituents is 1. The number of benzene rings is 3. The lowest BCUT2D eigenvalue weighted by atomic mass is 9.87. The van der Waals surface area contributed by atoms with Crippen molar-refractivity contribution in [2.45, 2.75) is 83.9 Å². The zero-order chi connectivity index (χ0) is 42.0. The number of rotatable bonds is 11. The molecule has 0 radical (unpaired) electrons. The van der Waals surface area contributed by atoms with E-state index < -0.39 is 17.6 Å². The van der Waals surface area contributed by atoms with E-state index in [2.05, 4.69) is 79.6 Å². The van der Waals surface area contributed by atoms with E-state index in [0.717, 1.165) is 123 Å². The van der Waals surface area contributed by atoms with E-state index in [-0.39, 0.29) is 12.3 Å². The summed E-state index contributed by atoms with van der Waals surface area (Å²) in [5.41, 5.74) is 11.0. The van der Waals surface area contributed by atoms with Gasteiger partial charge in [-0.2, -0.15) is 0 Å². The highest BCUT2D eigenvalue weighted by Crippen LogP contribution is 2.41. The molecule has 0 bridgehead atoms. The zero-order valence-corrected chi connectivity index (χ0v) is 35.2. The van der Waals surface area contributed by atoms with Crippen molar-refractivity contribution < 1.29 is 24.6 Å². The number of pyridine rings is 1. The number of aromatic nitrogens is 1. The molecular formula is C49H58N6O5. The summed E-state index contributed by atoms with van der Waals surface area (Å²) in [5, 5.41) is 23.3. The van der Waals surface area contributed by atoms with Crippen molar-refractivity contribution in [2.75, 3.05) is 55.6 Å². The Balaban J connectivity index is 0.877. The van der Waals surface area contributed by atoms with E-state index in [1.807, 2.05) is 25.3 Å². The highest BCUT2D eigenvalue weighted by Gasteiger charge is 2.32. The number of carbonyl (C=O) groups excluding carboxylic acids is 3. The predicted octanol–water partition coefficient (Wildman–Crippen LogP) is 6.42. The zero-order valence-electron chi connectivity index (χ0n) is 35.2. The number of piperidine rings is 2. The highest BCUT2D eigenvalue weighted by atomic mass is 16.3. The fourth-order valence-electron chi connectivity index (χ4n) is 9.53. The number of anilines is 2. The van der Waals surface area contributed by atoms with Gasteiger partial charge in [-0.25, -0.2) is 0 Å². The molecule has 3 N–H and O–H groups in total. The molecule has 3 saturated heterocycles. The summed E-state index contributed by atoms with van der Waals surface area (Å²) in [5.74, 6) is 0.261. The minimum Gasteiger partial charge on any atom is -0.508 e. The molecule has 4 aliphatic rings. The predicted molar refractivity (Wildman–Crippen MR) is 235 cm³/mol. The summed E-state index contributed by atoms with van der Waals surface area (Å²) in [7, 11) is 0. The number of allylic oxidation sites excluding steroid dienone is 1. The average molecular weight is 811 g/mol. The Bertz CT molecular complexity index is 2230. The number of fused-ring (bicyclic) bond motifs is 1. The normalized spacial score (nSPS) is 19.5. The van der Waals surface area contributed by atoms with Crippen LogP contribution in [0, 0.1) is 12.8 Å². The van der Waals surface area contributed by atoms with E-state index in [1.54, 1.807) is 19.9 Å². The third-order valence-electron chi connectivity index (χ3n) is 13.1. The number of hydrogen-bond donors (Lipinski definition) is 3. The fraction of sp³-hybridized carbons (Fsp3) is 0.429. The third-order valence-corrected chi connectivity index (χ3v) is 13.1. The van der Waals surface area contributed by atoms with Gasteiger partial charge in [-0.1, -0.05) is 30.3 Å². The van der Waals surface area contributed by atoms with Crippen LogP contribution in [0.25, 0.3) is 11.1 Å². The van der Waals surface area contributed by atoms with Crippen LogP contribution in [0.4, 0.5) is 11.4 Å². The van der Waals surface area contributed by atoms with Gasteiger partial charge in [0.25, 0.3) is 0 Å². The van der Waals surface area contributed by atoms with Crippen LogP contribution >= 0.6 is 0 Å². The van der Waals surface area contributed by atoms with Gasteiger partial charge < -0.3 is 24.9 Å². The van der Waals surface area contributed by atoms with E-state index in [9.17, 15) is 24.6 Å². The maximum Gasteiger partial charge on any atom is 0.249 e. The van der Waals surface area contributed by atoms with Crippen molar-refractivity contribution in [3.63, 3.8) is 0 Å². The summed E-state index contributed by atoms with van der Waals surface area (Å²) in [6.07, 6.45) is 8.27. The molecule has 3 aromatic carbocycles. The maximum absolute atomic E-state index is 12.5. The van der Waals surface area contributed by atoms with Crippen molar-refractivity contribution >= 4 is 40.7 Å². The molecule has 314 valence electrons. The van der Waals surface area contributed by atoms with Crippen molar-refractivity contribution in [2.24, 2.45) is 5.92 Å². The summed E-state index contributed by atoms with van der Waals surface area (Å²) >= 11 is 0. The Morgan fingerprint density at radius 1 is 0.833 bits per heavy atom. The monoisotopic (exact) mass is 810 g/mol. The van der Waals surface area contributed by atoms with Crippen LogP contribution < -0.4 is 15.1 Å². The van der Waals surface area contributed by atoms with Crippen molar-refractivity contribution in [1.29, 1.82) is 0 Å². The van der Waals surface area contributed by atoms with E-state index in [1.165, 1.54) is 21.7 Å². The van der Waals surface area contributed by atoms with Crippen LogP contribution in [-0.2, 0) is 33.0 Å². The standard InChI is InChI=1S/C49H58N6O5/c1-33-7-11-40(27-38(33)31-55(32-56)44-16-18-46(58)51-48(44)59)54-25-23-52(24-26-54)30-34-19-21-53(22-20-34)39-12-8-35(9-13-39)47-42(37-10-17-45(50-29-37)49(2,3)60)6-4-5-36-28-41(57)14-15-43(36)47/h7-15,17,27-29,32,34,44,57,60H,4-6,16,18-26,30-31H2,1-3H3,(H,51,58,59). The molecule has 4 heterocycles. The largest absolute Gasteiger partial charge is 0.508 e. The number of piperazine rings is 1. The van der Waals surface area contributed by atoms with E-state index in [4.69, 9.17) is 0 Å². The fourth-order valence-corrected chi connectivity index (χ4v) is 9.53. The molecule has 1 aliphatic carbocycles. The lowest BCUT2D eigenvalue weighted by molar-refractivity contribution is -0.141. The number of nitrogens with zero attached hydrogens (tertiary/aromatic N) is 5. The summed E-state index contributed by atoms with van der Waals surface area (Å²) in [6, 6.07) is 24.6. The number of carbonyl (C=O) groups is 3. The molecule has 0 saturated carbocycles. The summed E-state index contributed by atoms with van der Waals surface area (Å²) in [4.78, 5) is 49.9. The second kappa shape index (κ2) is 17.6. The Hall–Kier alpha value is -5.52. The van der Waals surface area contributed by atoms with Crippen LogP contribution in [0.3, 0.4) is 0 Å². The van der Waals surface area contributed by atoms with Crippen LogP contribution in [-0.4, -0.2) is 95.1 Å². The molecule has 1 aromatic heterocycles. The first kappa shape index (κ1) is 41.2. The number of hydrogen-bond acceptors (Lipinski definition) is 9. The van der Waals surface area contributed by atoms with Crippen LogP contribution in [0.1, 0.15) is 91.4 Å². The molecule has 1 atom stereocenters. The molecule has 4 aromatic rings. The van der Waals surface area contributed by atoms with Crippen molar-refractivity contribution in [1.82, 2.24) is 20.1 Å². The lowest BCUT2D eigenvalue weighted by Gasteiger charge is -2.40. The van der Waals surface area contributed by atoms with Gasteiger partial charge >= 0.3 is 0 Å². The molecular weight excluding hydrogens is 753 g/mol. The van der Waals surface area contributed by atoms with Crippen LogP contribution in [0.15, 0.2) is 79.0 Å². The Morgan fingerprint density at radius 2 is 1.55 bits per heavy atom. The van der Waals surface area contributed by atoms with Gasteiger partial charge in [0, 0.05) is 76.4 Å². The molecule has 11 heteroatoms. The summed E-state index contributed by atoms with van der Waals surface area (Å²) < 4.78 is 0. The first-order valence-electron chi connectivity index (χ1n) is 21.6. The minimum absolute atomic E-state index is 0.239. The Kier molecular flexibility index (Phi) is 12.1. The minimum atomic E-state index is -1.01. The number of aromatic hydroxyl groups is 1. The average Bonchev–Trinajstić information content (AvgIpc) is 3.43. The topological polar surface area (TPSA) is 130 Å². The molecule has 3 amide bonds. The number of amides is 3. The number of nitrogens with one attached hydrogen (secondary N) is 1. The smallest absolute Gasteiger partial charge is 0.249 e. The first-order valence-corrected chi connectivity index (χ1v) is 21.6. The number of phenols is 1. The van der Waals surface area contributed by atoms with Gasteiger partial charge in [-0.3, -0.25) is 29.6 Å². The Labute approximate surface area is 353 Å². The van der Waals surface area contributed by atoms with Crippen molar-refractivity contribution in [3.8, 4) is 5.75 Å². The lowest BCUT2D eigenvalue weighted by Crippen LogP contribution is -2.51. The molecule has 3 fully saturated rings. The third kappa shape index (κ3) is 9.12. The number of imide groups is 1. The van der Waals surface area contributed by atoms with Crippen LogP contribution in [0.2, 0.25) is 0 Å². The molecule has 8 rings (SSSR count). The maximum atomic E-state index is 12.5. The second-order valence-electron chi connectivity index (χ2n) is 17.7. The van der Waals surface area contributed by atoms with E-state index in [0.29, 0.717) is 30.3 Å². The van der Waals surface area contributed by atoms with Gasteiger partial charge in [0.2, 0.25) is 18.2 Å². The molecule has 0 spiro atoms. The van der Waals surface area contributed by atoms with Gasteiger partial charge in [-0.05, 0) is 152 Å². The summed E-state index contributed by atoms with van der Waals surface area (Å²) in [6.45, 7) is 12.9. The second-order valence-corrected chi connectivity index (χ2v) is 17.7. The SMILES string of the molecule is Cc1ccc(N2CCN(CC3CCN(c4ccc(C5=C(c6ccc(C(C)(C)O)nc6)CCCc6cc(O)ccc65)cc4)CC3)CC2)cc1CN(C=O)C1CCC(=O)NC1=O. The van der Waals surface area contributed by atoms with Gasteiger partial charge in [0.05, 0.1) is 5.69 Å².